The third kappa shape index (κ3) is 3.90. The van der Waals surface area contributed by atoms with Crippen LogP contribution < -0.4 is 21.1 Å². The number of hydrogen-bond acceptors (Lipinski definition) is 6. The highest BCUT2D eigenvalue weighted by Crippen LogP contribution is 2.26. The van der Waals surface area contributed by atoms with E-state index in [4.69, 9.17) is 4.74 Å². The van der Waals surface area contributed by atoms with Crippen LogP contribution in [-0.2, 0) is 0 Å². The highest BCUT2D eigenvalue weighted by molar-refractivity contribution is 9.10. The second-order valence-corrected chi connectivity index (χ2v) is 6.32. The van der Waals surface area contributed by atoms with Gasteiger partial charge in [-0.3, -0.25) is 30.6 Å². The lowest BCUT2D eigenvalue weighted by Crippen LogP contribution is -2.33. The minimum Gasteiger partial charge on any atom is -0.497 e. The van der Waals surface area contributed by atoms with Crippen LogP contribution in [0.5, 0.6) is 5.75 Å². The van der Waals surface area contributed by atoms with Crippen molar-refractivity contribution in [3.05, 3.63) is 73.0 Å². The van der Waals surface area contributed by atoms with Gasteiger partial charge in [-0.15, -0.1) is 0 Å². The van der Waals surface area contributed by atoms with Crippen molar-refractivity contribution in [1.82, 2.24) is 10.4 Å². The highest BCUT2D eigenvalue weighted by atomic mass is 79.9. The largest absolute Gasteiger partial charge is 0.497 e. The number of non-ortho nitro benzene ring substituents is 1. The number of anilines is 1. The molecule has 3 rings (SSSR count). The Hall–Kier alpha value is -3.40. The summed E-state index contributed by atoms with van der Waals surface area (Å²) < 4.78 is 5.64. The van der Waals surface area contributed by atoms with Gasteiger partial charge in [0.15, 0.2) is 0 Å². The number of benzene rings is 2. The monoisotopic (exact) mass is 432 g/mol. The number of amides is 1. The summed E-state index contributed by atoms with van der Waals surface area (Å²) in [6.07, 6.45) is 0. The van der Waals surface area contributed by atoms with Crippen molar-refractivity contribution < 1.29 is 14.5 Å². The molecule has 3 aromatic rings. The first-order valence-corrected chi connectivity index (χ1v) is 8.39. The van der Waals surface area contributed by atoms with Crippen molar-refractivity contribution in [1.29, 1.82) is 0 Å². The van der Waals surface area contributed by atoms with Crippen LogP contribution in [0.25, 0.3) is 10.9 Å². The number of hydrogen-bond donors (Lipinski definition) is 3. The van der Waals surface area contributed by atoms with Gasteiger partial charge in [-0.2, -0.15) is 0 Å². The van der Waals surface area contributed by atoms with Gasteiger partial charge in [-0.05, 0) is 46.3 Å². The topological polar surface area (TPSA) is 126 Å². The Labute approximate surface area is 160 Å². The molecule has 0 aliphatic rings. The lowest BCUT2D eigenvalue weighted by atomic mass is 10.1. The molecule has 27 heavy (non-hydrogen) atoms. The van der Waals surface area contributed by atoms with Gasteiger partial charge >= 0.3 is 0 Å². The number of nitro groups is 1. The van der Waals surface area contributed by atoms with Gasteiger partial charge in [0.05, 0.1) is 17.7 Å². The van der Waals surface area contributed by atoms with Crippen LogP contribution in [0.3, 0.4) is 0 Å². The third-order valence-corrected chi connectivity index (χ3v) is 4.46. The zero-order chi connectivity index (χ0) is 19.6. The van der Waals surface area contributed by atoms with Crippen LogP contribution in [0.1, 0.15) is 10.4 Å². The third-order valence-electron chi connectivity index (χ3n) is 3.77. The van der Waals surface area contributed by atoms with Crippen LogP contribution in [0, 0.1) is 10.1 Å². The molecule has 0 aliphatic carbocycles. The Morgan fingerprint density at radius 1 is 1.22 bits per heavy atom. The number of fused-ring (bicyclic) bond motifs is 1. The van der Waals surface area contributed by atoms with Crippen LogP contribution in [-0.4, -0.2) is 22.9 Å². The van der Waals surface area contributed by atoms with E-state index in [1.807, 2.05) is 0 Å². The molecule has 0 aliphatic heterocycles. The van der Waals surface area contributed by atoms with E-state index < -0.39 is 16.4 Å². The molecular formula is C17H13BrN4O5. The molecule has 1 heterocycles. The number of pyridine rings is 1. The van der Waals surface area contributed by atoms with Crippen molar-refractivity contribution in [2.24, 2.45) is 0 Å². The molecule has 0 spiro atoms. The van der Waals surface area contributed by atoms with Crippen LogP contribution >= 0.6 is 15.9 Å². The number of nitro benzene ring substituents is 1. The number of ether oxygens (including phenoxy) is 1. The summed E-state index contributed by atoms with van der Waals surface area (Å²) in [7, 11) is 1.52. The predicted octanol–water partition coefficient (Wildman–Crippen LogP) is 2.96. The lowest BCUT2D eigenvalue weighted by Gasteiger charge is -2.10. The number of halogens is 1. The van der Waals surface area contributed by atoms with E-state index in [1.54, 1.807) is 18.2 Å². The zero-order valence-corrected chi connectivity index (χ0v) is 15.5. The molecule has 138 valence electrons. The molecule has 0 fully saturated rings. The van der Waals surface area contributed by atoms with Gasteiger partial charge in [0.1, 0.15) is 11.3 Å². The first-order chi connectivity index (χ1) is 12.9. The second kappa shape index (κ2) is 7.46. The van der Waals surface area contributed by atoms with Crippen molar-refractivity contribution in [3.63, 3.8) is 0 Å². The zero-order valence-electron chi connectivity index (χ0n) is 13.9. The van der Waals surface area contributed by atoms with Crippen molar-refractivity contribution in [2.75, 3.05) is 12.5 Å². The van der Waals surface area contributed by atoms with Crippen molar-refractivity contribution in [3.8, 4) is 5.75 Å². The Kier molecular flexibility index (Phi) is 5.08. The van der Waals surface area contributed by atoms with E-state index in [9.17, 15) is 19.7 Å². The molecule has 0 saturated heterocycles. The number of rotatable bonds is 5. The molecular weight excluding hydrogens is 420 g/mol. The van der Waals surface area contributed by atoms with Crippen molar-refractivity contribution in [2.45, 2.75) is 0 Å². The molecule has 10 heteroatoms. The van der Waals surface area contributed by atoms with Crippen LogP contribution in [0.4, 0.5) is 11.4 Å². The molecule has 0 saturated carbocycles. The summed E-state index contributed by atoms with van der Waals surface area (Å²) in [6.45, 7) is 0. The van der Waals surface area contributed by atoms with Gasteiger partial charge in [-0.1, -0.05) is 0 Å². The van der Waals surface area contributed by atoms with Crippen LogP contribution in [0.2, 0.25) is 0 Å². The Balaban J connectivity index is 1.86. The maximum Gasteiger partial charge on any atom is 0.275 e. The summed E-state index contributed by atoms with van der Waals surface area (Å²) in [5, 5.41) is 11.5. The number of carbonyl (C=O) groups is 1. The Morgan fingerprint density at radius 3 is 2.70 bits per heavy atom. The fourth-order valence-electron chi connectivity index (χ4n) is 2.39. The van der Waals surface area contributed by atoms with Gasteiger partial charge in [-0.25, -0.2) is 0 Å². The maximum absolute atomic E-state index is 12.4. The molecule has 0 atom stereocenters. The fourth-order valence-corrected chi connectivity index (χ4v) is 2.74. The van der Waals surface area contributed by atoms with E-state index in [-0.39, 0.29) is 16.9 Å². The normalized spacial score (nSPS) is 10.4. The molecule has 3 N–H and O–H groups in total. The van der Waals surface area contributed by atoms with Gasteiger partial charge in [0.25, 0.3) is 17.2 Å². The number of nitrogens with one attached hydrogen (secondary N) is 3. The number of aromatic amines is 1. The summed E-state index contributed by atoms with van der Waals surface area (Å²) in [6, 6.07) is 10.5. The Bertz CT molecular complexity index is 1110. The standard InChI is InChI=1S/C17H13BrN4O5/c1-27-11-3-5-14-9(6-11)7-12(16(23)19-14)17(24)21-20-15-8-10(22(25)26)2-4-13(15)18/h2-8,20H,1H3,(H,19,23)(H,21,24). The van der Waals surface area contributed by atoms with E-state index >= 15 is 0 Å². The number of nitrogens with zero attached hydrogens (tertiary/aromatic N) is 1. The number of aromatic nitrogens is 1. The molecule has 0 radical (unpaired) electrons. The molecule has 1 amide bonds. The van der Waals surface area contributed by atoms with E-state index in [0.717, 1.165) is 0 Å². The number of H-pyrrole nitrogens is 1. The first-order valence-electron chi connectivity index (χ1n) is 7.60. The molecule has 1 aromatic heterocycles. The van der Waals surface area contributed by atoms with E-state index in [0.29, 0.717) is 21.1 Å². The summed E-state index contributed by atoms with van der Waals surface area (Å²) in [5.41, 5.74) is 4.94. The van der Waals surface area contributed by atoms with Crippen molar-refractivity contribution >= 4 is 44.1 Å². The average Bonchev–Trinajstić information content (AvgIpc) is 2.66. The van der Waals surface area contributed by atoms with Gasteiger partial charge in [0.2, 0.25) is 0 Å². The van der Waals surface area contributed by atoms with Gasteiger partial charge in [0, 0.05) is 27.5 Å². The fraction of sp³-hybridized carbons (Fsp3) is 0.0588. The molecule has 0 unspecified atom stereocenters. The predicted molar refractivity (Wildman–Crippen MR) is 103 cm³/mol. The average molecular weight is 433 g/mol. The molecule has 0 bridgehead atoms. The van der Waals surface area contributed by atoms with Gasteiger partial charge < -0.3 is 9.72 Å². The van der Waals surface area contributed by atoms with E-state index in [2.05, 4.69) is 31.8 Å². The Morgan fingerprint density at radius 2 is 2.00 bits per heavy atom. The quantitative estimate of drug-likeness (QED) is 0.420. The lowest BCUT2D eigenvalue weighted by molar-refractivity contribution is -0.384. The maximum atomic E-state index is 12.4. The minimum atomic E-state index is -0.695. The number of hydrazine groups is 1. The molecule has 9 nitrogen and oxygen atoms in total. The minimum absolute atomic E-state index is 0.121. The van der Waals surface area contributed by atoms with E-state index in [1.165, 1.54) is 31.4 Å². The first kappa shape index (κ1) is 18.4. The summed E-state index contributed by atoms with van der Waals surface area (Å²) in [5.74, 6) is -0.112. The summed E-state index contributed by atoms with van der Waals surface area (Å²) >= 11 is 3.23. The number of methoxy groups -OCH3 is 1. The molecule has 2 aromatic carbocycles. The SMILES string of the molecule is COc1ccc2[nH]c(=O)c(C(=O)NNc3cc([N+](=O)[O-])ccc3Br)cc2c1. The second-order valence-electron chi connectivity index (χ2n) is 5.47. The number of carbonyl (C=O) groups excluding carboxylic acids is 1. The smallest absolute Gasteiger partial charge is 0.275 e. The summed E-state index contributed by atoms with van der Waals surface area (Å²) in [4.78, 5) is 37.5. The highest BCUT2D eigenvalue weighted by Gasteiger charge is 2.14. The van der Waals surface area contributed by atoms with Crippen LogP contribution in [0.15, 0.2) is 51.7 Å².